The van der Waals surface area contributed by atoms with Crippen LogP contribution in [0.2, 0.25) is 5.02 Å². The van der Waals surface area contributed by atoms with Crippen LogP contribution in [0.1, 0.15) is 32.3 Å². The maximum atomic E-state index is 12.6. The third-order valence-corrected chi connectivity index (χ3v) is 7.53. The first-order valence-corrected chi connectivity index (χ1v) is 12.3. The quantitative estimate of drug-likeness (QED) is 0.697. The number of aliphatic imine (C=N–C) groups is 2. The Morgan fingerprint density at radius 3 is 2.72 bits per heavy atom. The zero-order valence-corrected chi connectivity index (χ0v) is 19.4. The summed E-state index contributed by atoms with van der Waals surface area (Å²) in [5, 5.41) is 0.201. The van der Waals surface area contributed by atoms with Crippen LogP contribution >= 0.6 is 11.6 Å². The number of anilines is 1. The molecule has 0 bridgehead atoms. The maximum absolute atomic E-state index is 12.6. The predicted molar refractivity (Wildman–Crippen MR) is 127 cm³/mol. The smallest absolute Gasteiger partial charge is 0.301 e. The lowest BCUT2D eigenvalue weighted by molar-refractivity contribution is 0.477. The van der Waals surface area contributed by atoms with Crippen molar-refractivity contribution in [1.29, 1.82) is 0 Å². The number of rotatable bonds is 5. The summed E-state index contributed by atoms with van der Waals surface area (Å²) in [5.41, 5.74) is 1.80. The summed E-state index contributed by atoms with van der Waals surface area (Å²) in [7, 11) is -3.65. The third-order valence-electron chi connectivity index (χ3n) is 5.62. The molecule has 0 aromatic heterocycles. The van der Waals surface area contributed by atoms with E-state index in [4.69, 9.17) is 21.3 Å². The van der Waals surface area contributed by atoms with E-state index < -0.39 is 10.2 Å². The highest BCUT2D eigenvalue weighted by Crippen LogP contribution is 2.38. The first-order valence-electron chi connectivity index (χ1n) is 10.5. The van der Waals surface area contributed by atoms with Gasteiger partial charge in [0.15, 0.2) is 0 Å². The van der Waals surface area contributed by atoms with Gasteiger partial charge in [0.2, 0.25) is 0 Å². The van der Waals surface area contributed by atoms with Crippen molar-refractivity contribution in [3.63, 3.8) is 0 Å². The van der Waals surface area contributed by atoms with Crippen LogP contribution in [0.5, 0.6) is 11.5 Å². The van der Waals surface area contributed by atoms with E-state index in [9.17, 15) is 8.42 Å². The molecule has 0 radical (unpaired) electrons. The van der Waals surface area contributed by atoms with Crippen LogP contribution in [0.3, 0.4) is 0 Å². The number of benzene rings is 2. The van der Waals surface area contributed by atoms with Crippen LogP contribution in [0.4, 0.5) is 11.4 Å². The van der Waals surface area contributed by atoms with E-state index >= 15 is 0 Å². The fraction of sp³-hybridized carbons (Fsp3) is 0.364. The van der Waals surface area contributed by atoms with Gasteiger partial charge in [0.25, 0.3) is 0 Å². The number of nitrogens with one attached hydrogen (secondary N) is 1. The molecule has 3 heterocycles. The molecule has 0 unspecified atom stereocenters. The van der Waals surface area contributed by atoms with Gasteiger partial charge in [0.1, 0.15) is 22.4 Å². The zero-order valence-electron chi connectivity index (χ0n) is 17.9. The Morgan fingerprint density at radius 2 is 1.94 bits per heavy atom. The maximum Gasteiger partial charge on any atom is 0.301 e. The van der Waals surface area contributed by atoms with Crippen molar-refractivity contribution in [2.45, 2.75) is 32.2 Å². The highest BCUT2D eigenvalue weighted by molar-refractivity contribution is 7.90. The van der Waals surface area contributed by atoms with Crippen molar-refractivity contribution in [3.8, 4) is 11.5 Å². The fourth-order valence-corrected chi connectivity index (χ4v) is 5.70. The molecule has 1 saturated heterocycles. The molecule has 0 aliphatic carbocycles. The molecule has 0 atom stereocenters. The number of fused-ring (bicyclic) bond motifs is 3. The number of halogens is 1. The van der Waals surface area contributed by atoms with Crippen molar-refractivity contribution in [2.75, 3.05) is 24.4 Å². The molecule has 168 valence electrons. The first kappa shape index (κ1) is 21.2. The molecule has 3 aliphatic heterocycles. The molecule has 2 aromatic carbocycles. The summed E-state index contributed by atoms with van der Waals surface area (Å²) >= 11 is 6.52. The standard InChI is InChI=1S/C22H24ClN5O3S/c1-22(2)13-27-14-24-17-9-8-15(12-16(17)21(27)25-22)31-19-7-5-6-18(20(19)23)26-32(29,30)28-10-3-4-11-28/h5-9,12,14,26H,3-4,10-11,13H2,1-2H3. The highest BCUT2D eigenvalue weighted by Gasteiger charge is 2.34. The molecule has 0 amide bonds. The molecule has 8 nitrogen and oxygen atoms in total. The lowest BCUT2D eigenvalue weighted by Gasteiger charge is -2.22. The molecular weight excluding hydrogens is 450 g/mol. The van der Waals surface area contributed by atoms with Crippen LogP contribution in [0.25, 0.3) is 0 Å². The molecule has 10 heteroatoms. The fourth-order valence-electron chi connectivity index (χ4n) is 4.12. The predicted octanol–water partition coefficient (Wildman–Crippen LogP) is 4.40. The molecule has 2 aromatic rings. The van der Waals surface area contributed by atoms with Gasteiger partial charge < -0.3 is 9.64 Å². The van der Waals surface area contributed by atoms with Crippen molar-refractivity contribution >= 4 is 45.4 Å². The van der Waals surface area contributed by atoms with Crippen LogP contribution in [-0.4, -0.2) is 55.0 Å². The van der Waals surface area contributed by atoms with Gasteiger partial charge in [0.05, 0.1) is 29.8 Å². The van der Waals surface area contributed by atoms with E-state index in [1.807, 2.05) is 29.4 Å². The second kappa shape index (κ2) is 7.75. The number of nitrogens with zero attached hydrogens (tertiary/aromatic N) is 4. The lowest BCUT2D eigenvalue weighted by Crippen LogP contribution is -2.33. The minimum absolute atomic E-state index is 0.191. The minimum atomic E-state index is -3.65. The number of amidine groups is 1. The monoisotopic (exact) mass is 473 g/mol. The van der Waals surface area contributed by atoms with Crippen LogP contribution in [0.15, 0.2) is 46.4 Å². The average molecular weight is 474 g/mol. The first-order chi connectivity index (χ1) is 15.2. The van der Waals surface area contributed by atoms with E-state index in [2.05, 4.69) is 23.6 Å². The summed E-state index contributed by atoms with van der Waals surface area (Å²) in [6.45, 7) is 5.96. The second-order valence-corrected chi connectivity index (χ2v) is 10.8. The van der Waals surface area contributed by atoms with Crippen molar-refractivity contribution < 1.29 is 13.2 Å². The molecule has 32 heavy (non-hydrogen) atoms. The molecule has 1 N–H and O–H groups in total. The van der Waals surface area contributed by atoms with E-state index in [1.54, 1.807) is 18.2 Å². The van der Waals surface area contributed by atoms with Gasteiger partial charge >= 0.3 is 10.2 Å². The van der Waals surface area contributed by atoms with Crippen LogP contribution in [0, 0.1) is 0 Å². The van der Waals surface area contributed by atoms with E-state index in [1.165, 1.54) is 4.31 Å². The summed E-state index contributed by atoms with van der Waals surface area (Å²) in [5.74, 6) is 1.79. The second-order valence-electron chi connectivity index (χ2n) is 8.73. The van der Waals surface area contributed by atoms with Crippen molar-refractivity contribution in [3.05, 3.63) is 47.0 Å². The van der Waals surface area contributed by atoms with E-state index in [0.29, 0.717) is 24.6 Å². The van der Waals surface area contributed by atoms with Gasteiger partial charge in [-0.1, -0.05) is 17.7 Å². The van der Waals surface area contributed by atoms with Gasteiger partial charge in [-0.3, -0.25) is 9.71 Å². The third kappa shape index (κ3) is 3.96. The Kier molecular flexibility index (Phi) is 5.15. The Morgan fingerprint density at radius 1 is 1.16 bits per heavy atom. The van der Waals surface area contributed by atoms with Gasteiger partial charge in [-0.25, -0.2) is 4.99 Å². The number of hydrogen-bond donors (Lipinski definition) is 1. The Bertz CT molecular complexity index is 1240. The summed E-state index contributed by atoms with van der Waals surface area (Å²) in [4.78, 5) is 11.4. The Labute approximate surface area is 192 Å². The van der Waals surface area contributed by atoms with Crippen LogP contribution < -0.4 is 9.46 Å². The normalized spacial score (nSPS) is 19.5. The van der Waals surface area contributed by atoms with E-state index in [0.717, 1.165) is 36.5 Å². The van der Waals surface area contributed by atoms with Crippen LogP contribution in [-0.2, 0) is 10.2 Å². The molecule has 3 aliphatic rings. The molecule has 0 spiro atoms. The van der Waals surface area contributed by atoms with Crippen molar-refractivity contribution in [2.24, 2.45) is 9.98 Å². The van der Waals surface area contributed by atoms with E-state index in [-0.39, 0.29) is 16.2 Å². The zero-order chi connectivity index (χ0) is 22.5. The molecule has 0 saturated carbocycles. The number of hydrogen-bond acceptors (Lipinski definition) is 6. The SMILES string of the molecule is CC1(C)CN2C=Nc3ccc(Oc4cccc(NS(=O)(=O)N5CCCC5)c4Cl)cc3C2=N1. The summed E-state index contributed by atoms with van der Waals surface area (Å²) in [6.07, 6.45) is 3.53. The lowest BCUT2D eigenvalue weighted by atomic mass is 10.1. The molecule has 5 rings (SSSR count). The highest BCUT2D eigenvalue weighted by atomic mass is 35.5. The van der Waals surface area contributed by atoms with Gasteiger partial charge in [0, 0.05) is 18.7 Å². The average Bonchev–Trinajstić information content (AvgIpc) is 3.38. The summed E-state index contributed by atoms with van der Waals surface area (Å²) < 4.78 is 35.3. The molecular formula is C22H24ClN5O3S. The van der Waals surface area contributed by atoms with Gasteiger partial charge in [-0.2, -0.15) is 12.7 Å². The Hall–Kier alpha value is -2.62. The topological polar surface area (TPSA) is 86.6 Å². The number of ether oxygens (including phenoxy) is 1. The summed E-state index contributed by atoms with van der Waals surface area (Å²) in [6, 6.07) is 10.6. The van der Waals surface area contributed by atoms with Crippen molar-refractivity contribution in [1.82, 2.24) is 9.21 Å². The largest absolute Gasteiger partial charge is 0.456 e. The Balaban J connectivity index is 1.42. The van der Waals surface area contributed by atoms with Gasteiger partial charge in [-0.15, -0.1) is 0 Å². The molecule has 1 fully saturated rings. The van der Waals surface area contributed by atoms with Gasteiger partial charge in [-0.05, 0) is 57.0 Å². The minimum Gasteiger partial charge on any atom is -0.456 e.